The molecule has 0 aromatic carbocycles. The Morgan fingerprint density at radius 3 is 1.94 bits per heavy atom. The Kier molecular flexibility index (Phi) is 7.51. The highest BCUT2D eigenvalue weighted by Crippen LogP contribution is 2.18. The smallest absolute Gasteiger partial charge is 0.230 e. The topological polar surface area (TPSA) is 46.2 Å². The fourth-order valence-corrected chi connectivity index (χ4v) is 2.23. The van der Waals surface area contributed by atoms with E-state index in [0.717, 1.165) is 0 Å². The van der Waals surface area contributed by atoms with Crippen LogP contribution >= 0.6 is 11.8 Å². The second kappa shape index (κ2) is 7.75. The molecule has 1 N–H and O–H groups in total. The zero-order valence-corrected chi connectivity index (χ0v) is 12.6. The maximum Gasteiger partial charge on any atom is 0.230 e. The second-order valence-electron chi connectivity index (χ2n) is 5.16. The minimum atomic E-state index is -0.350. The van der Waals surface area contributed by atoms with E-state index in [0.29, 0.717) is 16.9 Å². The minimum Gasteiger partial charge on any atom is -0.345 e. The SMILES string of the molecule is CC(=O)C(NC(=O)CSC(C)C(C)C)C(C)C. The van der Waals surface area contributed by atoms with Gasteiger partial charge in [-0.3, -0.25) is 9.59 Å². The number of carbonyl (C=O) groups excluding carboxylic acids is 2. The molecule has 0 aromatic rings. The predicted octanol–water partition coefficient (Wildman–Crippen LogP) is 2.49. The van der Waals surface area contributed by atoms with Gasteiger partial charge in [0.25, 0.3) is 0 Å². The van der Waals surface area contributed by atoms with Crippen LogP contribution in [0.25, 0.3) is 0 Å². The first-order chi connectivity index (χ1) is 7.75. The predicted molar refractivity (Wildman–Crippen MR) is 74.2 cm³/mol. The third-order valence-electron chi connectivity index (χ3n) is 2.84. The highest BCUT2D eigenvalue weighted by molar-refractivity contribution is 8.00. The van der Waals surface area contributed by atoms with Gasteiger partial charge in [0.1, 0.15) is 0 Å². The van der Waals surface area contributed by atoms with Crippen molar-refractivity contribution in [3.05, 3.63) is 0 Å². The number of rotatable bonds is 7. The van der Waals surface area contributed by atoms with Crippen LogP contribution in [0.3, 0.4) is 0 Å². The molecule has 0 spiro atoms. The van der Waals surface area contributed by atoms with Crippen molar-refractivity contribution in [2.45, 2.75) is 52.8 Å². The van der Waals surface area contributed by atoms with E-state index in [4.69, 9.17) is 0 Å². The van der Waals surface area contributed by atoms with E-state index in [1.165, 1.54) is 6.92 Å². The van der Waals surface area contributed by atoms with Gasteiger partial charge in [0.05, 0.1) is 11.8 Å². The van der Waals surface area contributed by atoms with Crippen molar-refractivity contribution in [1.82, 2.24) is 5.32 Å². The standard InChI is InChI=1S/C13H25NO2S/c1-8(2)11(6)17-7-12(16)14-13(9(3)4)10(5)15/h8-9,11,13H,7H2,1-6H3,(H,14,16). The van der Waals surface area contributed by atoms with Crippen molar-refractivity contribution in [1.29, 1.82) is 0 Å². The highest BCUT2D eigenvalue weighted by Gasteiger charge is 2.20. The molecule has 0 saturated carbocycles. The molecule has 0 bridgehead atoms. The quantitative estimate of drug-likeness (QED) is 0.764. The largest absolute Gasteiger partial charge is 0.345 e. The van der Waals surface area contributed by atoms with Gasteiger partial charge in [0, 0.05) is 5.25 Å². The Morgan fingerprint density at radius 2 is 1.59 bits per heavy atom. The summed E-state index contributed by atoms with van der Waals surface area (Å²) in [6, 6.07) is -0.350. The van der Waals surface area contributed by atoms with E-state index in [9.17, 15) is 9.59 Å². The van der Waals surface area contributed by atoms with Gasteiger partial charge in [-0.25, -0.2) is 0 Å². The third-order valence-corrected chi connectivity index (χ3v) is 4.34. The maximum absolute atomic E-state index is 11.7. The lowest BCUT2D eigenvalue weighted by Gasteiger charge is -2.20. The molecular formula is C13H25NO2S. The van der Waals surface area contributed by atoms with Gasteiger partial charge in [-0.1, -0.05) is 34.6 Å². The summed E-state index contributed by atoms with van der Waals surface area (Å²) >= 11 is 1.63. The molecule has 0 aliphatic heterocycles. The van der Waals surface area contributed by atoms with Crippen molar-refractivity contribution in [2.75, 3.05) is 5.75 Å². The minimum absolute atomic E-state index is 0.0234. The van der Waals surface area contributed by atoms with Gasteiger partial charge in [0.2, 0.25) is 5.91 Å². The molecule has 2 atom stereocenters. The van der Waals surface area contributed by atoms with E-state index in [-0.39, 0.29) is 23.7 Å². The summed E-state index contributed by atoms with van der Waals surface area (Å²) in [7, 11) is 0. The Labute approximate surface area is 109 Å². The zero-order chi connectivity index (χ0) is 13.6. The maximum atomic E-state index is 11.7. The lowest BCUT2D eigenvalue weighted by Crippen LogP contribution is -2.44. The van der Waals surface area contributed by atoms with E-state index in [1.54, 1.807) is 11.8 Å². The van der Waals surface area contributed by atoms with Crippen LogP contribution in [0.5, 0.6) is 0 Å². The molecule has 0 aliphatic rings. The average Bonchev–Trinajstić information content (AvgIpc) is 2.21. The number of nitrogens with one attached hydrogen (secondary N) is 1. The van der Waals surface area contributed by atoms with Crippen LogP contribution in [0.4, 0.5) is 0 Å². The first-order valence-corrected chi connectivity index (χ1v) is 7.22. The molecule has 2 unspecified atom stereocenters. The van der Waals surface area contributed by atoms with Crippen LogP contribution in [0.2, 0.25) is 0 Å². The van der Waals surface area contributed by atoms with E-state index in [1.807, 2.05) is 13.8 Å². The second-order valence-corrected chi connectivity index (χ2v) is 6.53. The van der Waals surface area contributed by atoms with Crippen LogP contribution in [-0.2, 0) is 9.59 Å². The molecule has 0 heterocycles. The number of Topliss-reactive ketones (excluding diaryl/α,β-unsaturated/α-hetero) is 1. The first kappa shape index (κ1) is 16.5. The number of carbonyl (C=O) groups is 2. The molecule has 0 rings (SSSR count). The number of ketones is 1. The Bertz CT molecular complexity index is 264. The lowest BCUT2D eigenvalue weighted by atomic mass is 10.0. The van der Waals surface area contributed by atoms with Gasteiger partial charge in [-0.2, -0.15) is 0 Å². The first-order valence-electron chi connectivity index (χ1n) is 6.17. The third kappa shape index (κ3) is 6.71. The summed E-state index contributed by atoms with van der Waals surface area (Å²) in [5, 5.41) is 3.26. The summed E-state index contributed by atoms with van der Waals surface area (Å²) in [6.45, 7) is 11.8. The number of amides is 1. The Morgan fingerprint density at radius 1 is 1.06 bits per heavy atom. The molecule has 0 aliphatic carbocycles. The lowest BCUT2D eigenvalue weighted by molar-refractivity contribution is -0.126. The van der Waals surface area contributed by atoms with Crippen LogP contribution in [0, 0.1) is 11.8 Å². The van der Waals surface area contributed by atoms with E-state index >= 15 is 0 Å². The van der Waals surface area contributed by atoms with Crippen molar-refractivity contribution >= 4 is 23.5 Å². The fourth-order valence-electron chi connectivity index (χ4n) is 1.35. The van der Waals surface area contributed by atoms with Crippen molar-refractivity contribution in [3.63, 3.8) is 0 Å². The average molecular weight is 259 g/mol. The molecule has 100 valence electrons. The van der Waals surface area contributed by atoms with Crippen LogP contribution in [0.15, 0.2) is 0 Å². The van der Waals surface area contributed by atoms with Crippen molar-refractivity contribution < 1.29 is 9.59 Å². The van der Waals surface area contributed by atoms with Crippen molar-refractivity contribution in [2.24, 2.45) is 11.8 Å². The highest BCUT2D eigenvalue weighted by atomic mass is 32.2. The normalized spacial score (nSPS) is 14.8. The van der Waals surface area contributed by atoms with Gasteiger partial charge < -0.3 is 5.32 Å². The monoisotopic (exact) mass is 259 g/mol. The molecule has 3 nitrogen and oxygen atoms in total. The Hall–Kier alpha value is -0.510. The molecule has 0 fully saturated rings. The molecule has 4 heteroatoms. The number of thioether (sulfide) groups is 1. The van der Waals surface area contributed by atoms with Gasteiger partial charge in [-0.05, 0) is 18.8 Å². The van der Waals surface area contributed by atoms with Crippen molar-refractivity contribution in [3.8, 4) is 0 Å². The zero-order valence-electron chi connectivity index (χ0n) is 11.7. The van der Waals surface area contributed by atoms with Crippen LogP contribution in [0.1, 0.15) is 41.5 Å². The summed E-state index contributed by atoms with van der Waals surface area (Å²) in [4.78, 5) is 23.1. The molecule has 17 heavy (non-hydrogen) atoms. The summed E-state index contributed by atoms with van der Waals surface area (Å²) in [5.74, 6) is 1.10. The molecule has 0 aromatic heterocycles. The van der Waals surface area contributed by atoms with E-state index < -0.39 is 0 Å². The molecule has 0 radical (unpaired) electrons. The van der Waals surface area contributed by atoms with Gasteiger partial charge in [0.15, 0.2) is 5.78 Å². The van der Waals surface area contributed by atoms with E-state index in [2.05, 4.69) is 26.1 Å². The number of hydrogen-bond donors (Lipinski definition) is 1. The van der Waals surface area contributed by atoms with Crippen LogP contribution < -0.4 is 5.32 Å². The fraction of sp³-hybridized carbons (Fsp3) is 0.846. The number of hydrogen-bond acceptors (Lipinski definition) is 3. The molecular weight excluding hydrogens is 234 g/mol. The Balaban J connectivity index is 4.12. The van der Waals surface area contributed by atoms with Gasteiger partial charge >= 0.3 is 0 Å². The summed E-state index contributed by atoms with van der Waals surface area (Å²) < 4.78 is 0. The van der Waals surface area contributed by atoms with Gasteiger partial charge in [-0.15, -0.1) is 11.8 Å². The molecule has 1 amide bonds. The van der Waals surface area contributed by atoms with Crippen LogP contribution in [-0.4, -0.2) is 28.7 Å². The molecule has 0 saturated heterocycles. The summed E-state index contributed by atoms with van der Waals surface area (Å²) in [6.07, 6.45) is 0. The summed E-state index contributed by atoms with van der Waals surface area (Å²) in [5.41, 5.74) is 0.